The van der Waals surface area contributed by atoms with E-state index in [1.807, 2.05) is 48.9 Å². The lowest BCUT2D eigenvalue weighted by molar-refractivity contribution is -0.126. The number of hydrogen-bond acceptors (Lipinski definition) is 6. The second-order valence-corrected chi connectivity index (χ2v) is 8.37. The van der Waals surface area contributed by atoms with Crippen molar-refractivity contribution in [2.75, 3.05) is 13.2 Å². The predicted octanol–water partition coefficient (Wildman–Crippen LogP) is 4.07. The third-order valence-electron chi connectivity index (χ3n) is 5.30. The minimum absolute atomic E-state index is 0.0272. The summed E-state index contributed by atoms with van der Waals surface area (Å²) in [6.07, 6.45) is 6.71. The van der Waals surface area contributed by atoms with Gasteiger partial charge in [0.05, 0.1) is 24.9 Å². The van der Waals surface area contributed by atoms with Crippen molar-refractivity contribution in [2.24, 2.45) is 4.99 Å². The molecule has 1 atom stereocenters. The van der Waals surface area contributed by atoms with E-state index in [-0.39, 0.29) is 11.9 Å². The topological polar surface area (TPSA) is 74.7 Å². The lowest BCUT2D eigenvalue weighted by Gasteiger charge is -2.25. The van der Waals surface area contributed by atoms with Gasteiger partial charge < -0.3 is 5.32 Å². The Kier molecular flexibility index (Phi) is 8.71. The smallest absolute Gasteiger partial charge is 0.237 e. The van der Waals surface area contributed by atoms with Crippen LogP contribution in [0.4, 0.5) is 0 Å². The Morgan fingerprint density at radius 1 is 1.20 bits per heavy atom. The first-order valence-corrected chi connectivity index (χ1v) is 11.6. The molecule has 1 N–H and O–H groups in total. The Morgan fingerprint density at radius 2 is 2.03 bits per heavy atom. The zero-order chi connectivity index (χ0) is 21.2. The van der Waals surface area contributed by atoms with Crippen molar-refractivity contribution in [1.82, 2.24) is 15.2 Å². The number of Topliss-reactive ketones (excluding diaryl/α,β-unsaturated/α-hetero) is 1. The number of carbonyl (C=O) groups is 2. The van der Waals surface area contributed by atoms with Gasteiger partial charge in [0, 0.05) is 36.5 Å². The molecular formula is C23H30N4O2S. The van der Waals surface area contributed by atoms with Crippen molar-refractivity contribution in [1.29, 1.82) is 0 Å². The van der Waals surface area contributed by atoms with E-state index in [1.165, 1.54) is 0 Å². The number of aliphatic imine (C=N–C) groups is 1. The van der Waals surface area contributed by atoms with Crippen molar-refractivity contribution >= 4 is 29.2 Å². The van der Waals surface area contributed by atoms with E-state index < -0.39 is 0 Å². The van der Waals surface area contributed by atoms with Crippen LogP contribution in [-0.2, 0) is 16.1 Å². The van der Waals surface area contributed by atoms with Crippen molar-refractivity contribution in [3.05, 3.63) is 41.4 Å². The maximum Gasteiger partial charge on any atom is 0.237 e. The zero-order valence-corrected chi connectivity index (χ0v) is 18.4. The summed E-state index contributed by atoms with van der Waals surface area (Å²) in [4.78, 5) is 35.4. The minimum atomic E-state index is -0.193. The highest BCUT2D eigenvalue weighted by molar-refractivity contribution is 7.13. The lowest BCUT2D eigenvalue weighted by atomic mass is 10.0. The Balaban J connectivity index is 1.49. The Hall–Kier alpha value is -2.38. The van der Waals surface area contributed by atoms with Crippen LogP contribution in [0.5, 0.6) is 0 Å². The third-order valence-corrected chi connectivity index (χ3v) is 6.24. The molecule has 1 aromatic carbocycles. The monoisotopic (exact) mass is 426 g/mol. The fraction of sp³-hybridized carbons (Fsp3) is 0.478. The molecule has 2 aromatic rings. The van der Waals surface area contributed by atoms with Gasteiger partial charge in [-0.15, -0.1) is 11.3 Å². The number of aromatic nitrogens is 1. The van der Waals surface area contributed by atoms with Crippen molar-refractivity contribution < 1.29 is 9.59 Å². The molecule has 6 nitrogen and oxygen atoms in total. The molecule has 7 heteroatoms. The number of nitrogens with zero attached hydrogens (tertiary/aromatic N) is 3. The molecule has 0 saturated heterocycles. The fourth-order valence-electron chi connectivity index (χ4n) is 3.50. The number of carbonyl (C=O) groups excluding carboxylic acids is 2. The quantitative estimate of drug-likeness (QED) is 0.519. The Labute approximate surface area is 182 Å². The maximum absolute atomic E-state index is 12.9. The third kappa shape index (κ3) is 6.57. The second kappa shape index (κ2) is 11.7. The van der Waals surface area contributed by atoms with Gasteiger partial charge >= 0.3 is 0 Å². The molecule has 0 radical (unpaired) electrons. The number of nitrogens with one attached hydrogen (secondary N) is 1. The van der Waals surface area contributed by atoms with Gasteiger partial charge in [-0.25, -0.2) is 4.98 Å². The first kappa shape index (κ1) is 22.3. The summed E-state index contributed by atoms with van der Waals surface area (Å²) in [6, 6.07) is 9.87. The standard InChI is InChI=1S/C23H30N4O2S/c1-2-20(28)11-7-4-8-12-21(27-14-13-24-17-27)22(29)25-15-19-16-30-23(26-19)18-9-5-3-6-10-18/h3,5-6,9-10,13,16,21H,2,4,7-8,11-12,14-15,17H2,1H3,(H,25,29)/t21-/m0/s1. The number of hydrogen-bond donors (Lipinski definition) is 1. The minimum Gasteiger partial charge on any atom is -0.349 e. The molecular weight excluding hydrogens is 396 g/mol. The molecule has 1 aromatic heterocycles. The van der Waals surface area contributed by atoms with Crippen LogP contribution in [0.25, 0.3) is 10.6 Å². The first-order valence-electron chi connectivity index (χ1n) is 10.7. The molecule has 1 amide bonds. The van der Waals surface area contributed by atoms with Gasteiger partial charge in [-0.1, -0.05) is 50.1 Å². The normalized spacial score (nSPS) is 14.7. The summed E-state index contributed by atoms with van der Waals surface area (Å²) in [5.41, 5.74) is 1.97. The molecule has 0 fully saturated rings. The molecule has 2 heterocycles. The summed E-state index contributed by atoms with van der Waals surface area (Å²) < 4.78 is 0. The van der Waals surface area contributed by atoms with Crippen LogP contribution in [0.3, 0.4) is 0 Å². The van der Waals surface area contributed by atoms with Crippen molar-refractivity contribution in [2.45, 2.75) is 58.0 Å². The van der Waals surface area contributed by atoms with Crippen LogP contribution in [0.2, 0.25) is 0 Å². The van der Waals surface area contributed by atoms with Crippen LogP contribution in [0, 0.1) is 0 Å². The van der Waals surface area contributed by atoms with Gasteiger partial charge in [-0.2, -0.15) is 0 Å². The SMILES string of the molecule is CCC(=O)CCCCC[C@@H](C(=O)NCc1csc(-c2ccccc2)n1)N1CC=NC1. The number of benzene rings is 1. The van der Waals surface area contributed by atoms with E-state index in [1.54, 1.807) is 11.3 Å². The highest BCUT2D eigenvalue weighted by Crippen LogP contribution is 2.23. The van der Waals surface area contributed by atoms with Crippen molar-refractivity contribution in [3.8, 4) is 10.6 Å². The summed E-state index contributed by atoms with van der Waals surface area (Å²) in [7, 11) is 0. The van der Waals surface area contributed by atoms with Gasteiger partial charge in [0.2, 0.25) is 5.91 Å². The lowest BCUT2D eigenvalue weighted by Crippen LogP contribution is -2.46. The highest BCUT2D eigenvalue weighted by atomic mass is 32.1. The molecule has 0 bridgehead atoms. The van der Waals surface area contributed by atoms with E-state index in [4.69, 9.17) is 0 Å². The predicted molar refractivity (Wildman–Crippen MR) is 122 cm³/mol. The van der Waals surface area contributed by atoms with Crippen molar-refractivity contribution in [3.63, 3.8) is 0 Å². The molecule has 160 valence electrons. The molecule has 3 rings (SSSR count). The van der Waals surface area contributed by atoms with Gasteiger partial charge in [0.1, 0.15) is 10.8 Å². The fourth-order valence-corrected chi connectivity index (χ4v) is 4.32. The van der Waals surface area contributed by atoms with Gasteiger partial charge in [0.25, 0.3) is 0 Å². The van der Waals surface area contributed by atoms with Crippen LogP contribution >= 0.6 is 11.3 Å². The average molecular weight is 427 g/mol. The molecule has 1 aliphatic heterocycles. The van der Waals surface area contributed by atoms with E-state index in [9.17, 15) is 9.59 Å². The first-order chi connectivity index (χ1) is 14.7. The van der Waals surface area contributed by atoms with Crippen LogP contribution in [0.15, 0.2) is 40.7 Å². The number of thiazole rings is 1. The number of unbranched alkanes of at least 4 members (excludes halogenated alkanes) is 2. The summed E-state index contributed by atoms with van der Waals surface area (Å²) in [5, 5.41) is 6.03. The number of amides is 1. The zero-order valence-electron chi connectivity index (χ0n) is 17.5. The average Bonchev–Trinajstić information content (AvgIpc) is 3.47. The van der Waals surface area contributed by atoms with Crippen LogP contribution in [-0.4, -0.2) is 47.0 Å². The molecule has 0 unspecified atom stereocenters. The number of ketones is 1. The Morgan fingerprint density at radius 3 is 2.77 bits per heavy atom. The van der Waals surface area contributed by atoms with E-state index >= 15 is 0 Å². The molecule has 0 saturated carbocycles. The number of rotatable bonds is 12. The summed E-state index contributed by atoms with van der Waals surface area (Å²) in [5.74, 6) is 0.342. The van der Waals surface area contributed by atoms with E-state index in [2.05, 4.69) is 20.2 Å². The summed E-state index contributed by atoms with van der Waals surface area (Å²) in [6.45, 7) is 3.61. The largest absolute Gasteiger partial charge is 0.349 e. The van der Waals surface area contributed by atoms with Gasteiger partial charge in [0.15, 0.2) is 0 Å². The maximum atomic E-state index is 12.9. The van der Waals surface area contributed by atoms with Gasteiger partial charge in [-0.05, 0) is 12.8 Å². The van der Waals surface area contributed by atoms with Gasteiger partial charge in [-0.3, -0.25) is 19.5 Å². The highest BCUT2D eigenvalue weighted by Gasteiger charge is 2.26. The molecule has 30 heavy (non-hydrogen) atoms. The summed E-state index contributed by atoms with van der Waals surface area (Å²) >= 11 is 1.59. The molecule has 1 aliphatic rings. The second-order valence-electron chi connectivity index (χ2n) is 7.51. The van der Waals surface area contributed by atoms with Crippen LogP contribution in [0.1, 0.15) is 51.1 Å². The van der Waals surface area contributed by atoms with E-state index in [0.29, 0.717) is 38.4 Å². The molecule has 0 aliphatic carbocycles. The van der Waals surface area contributed by atoms with Crippen LogP contribution < -0.4 is 5.32 Å². The Bertz CT molecular complexity index is 842. The molecule has 0 spiro atoms. The van der Waals surface area contributed by atoms with E-state index in [0.717, 1.165) is 41.9 Å².